The van der Waals surface area contributed by atoms with Gasteiger partial charge in [0.1, 0.15) is 5.54 Å². The zero-order chi connectivity index (χ0) is 14.9. The minimum absolute atomic E-state index is 0.130. The fourth-order valence-corrected chi connectivity index (χ4v) is 3.69. The Hall–Kier alpha value is -1.55. The first-order valence-corrected chi connectivity index (χ1v) is 8.11. The standard InChI is InChI=1S/C17H25N3O/c1-3-13(4-2)20-11-9-17(10-12-20)16(21)18-14-7-5-6-8-15(14)19-17/h5-8,13,19H,3-4,9-12H2,1-2H3,(H,18,21). The summed E-state index contributed by atoms with van der Waals surface area (Å²) in [5, 5.41) is 6.59. The van der Waals surface area contributed by atoms with E-state index in [1.807, 2.05) is 24.3 Å². The van der Waals surface area contributed by atoms with Crippen LogP contribution >= 0.6 is 0 Å². The van der Waals surface area contributed by atoms with Crippen molar-refractivity contribution in [3.63, 3.8) is 0 Å². The predicted octanol–water partition coefficient (Wildman–Crippen LogP) is 3.07. The molecule has 1 spiro atoms. The fourth-order valence-electron chi connectivity index (χ4n) is 3.69. The van der Waals surface area contributed by atoms with Crippen LogP contribution < -0.4 is 10.6 Å². The molecule has 0 atom stereocenters. The minimum Gasteiger partial charge on any atom is -0.369 e. The van der Waals surface area contributed by atoms with Gasteiger partial charge in [-0.15, -0.1) is 0 Å². The van der Waals surface area contributed by atoms with E-state index in [1.54, 1.807) is 0 Å². The van der Waals surface area contributed by atoms with Crippen molar-refractivity contribution in [2.45, 2.75) is 51.1 Å². The van der Waals surface area contributed by atoms with Gasteiger partial charge in [-0.3, -0.25) is 4.79 Å². The van der Waals surface area contributed by atoms with Gasteiger partial charge in [0.2, 0.25) is 5.91 Å². The molecule has 0 radical (unpaired) electrons. The predicted molar refractivity (Wildman–Crippen MR) is 86.6 cm³/mol. The molecule has 2 aliphatic rings. The third-order valence-corrected chi connectivity index (χ3v) is 5.09. The zero-order valence-electron chi connectivity index (χ0n) is 13.0. The topological polar surface area (TPSA) is 44.4 Å². The van der Waals surface area contributed by atoms with Crippen molar-refractivity contribution in [3.05, 3.63) is 24.3 Å². The molecule has 3 rings (SSSR count). The highest BCUT2D eigenvalue weighted by molar-refractivity contribution is 6.06. The summed E-state index contributed by atoms with van der Waals surface area (Å²) in [6.07, 6.45) is 4.13. The molecular formula is C17H25N3O. The van der Waals surface area contributed by atoms with Crippen molar-refractivity contribution in [1.82, 2.24) is 4.90 Å². The van der Waals surface area contributed by atoms with Gasteiger partial charge < -0.3 is 15.5 Å². The second-order valence-electron chi connectivity index (χ2n) is 6.21. The zero-order valence-corrected chi connectivity index (χ0v) is 13.0. The fraction of sp³-hybridized carbons (Fsp3) is 0.588. The van der Waals surface area contributed by atoms with Gasteiger partial charge in [0.25, 0.3) is 0 Å². The van der Waals surface area contributed by atoms with Gasteiger partial charge in [0.05, 0.1) is 11.4 Å². The van der Waals surface area contributed by atoms with E-state index in [0.29, 0.717) is 6.04 Å². The maximum atomic E-state index is 12.6. The van der Waals surface area contributed by atoms with Gasteiger partial charge >= 0.3 is 0 Å². The van der Waals surface area contributed by atoms with Gasteiger partial charge in [-0.2, -0.15) is 0 Å². The van der Waals surface area contributed by atoms with Crippen LogP contribution in [0.25, 0.3) is 0 Å². The summed E-state index contributed by atoms with van der Waals surface area (Å²) < 4.78 is 0. The smallest absolute Gasteiger partial charge is 0.250 e. The van der Waals surface area contributed by atoms with E-state index in [4.69, 9.17) is 0 Å². The lowest BCUT2D eigenvalue weighted by Gasteiger charge is -2.46. The van der Waals surface area contributed by atoms with Crippen LogP contribution in [-0.2, 0) is 4.79 Å². The summed E-state index contributed by atoms with van der Waals surface area (Å²) in [4.78, 5) is 15.1. The van der Waals surface area contributed by atoms with Crippen molar-refractivity contribution in [2.24, 2.45) is 0 Å². The Balaban J connectivity index is 1.74. The molecule has 0 bridgehead atoms. The summed E-state index contributed by atoms with van der Waals surface area (Å²) >= 11 is 0. The van der Waals surface area contributed by atoms with Gasteiger partial charge in [-0.1, -0.05) is 26.0 Å². The largest absolute Gasteiger partial charge is 0.369 e. The van der Waals surface area contributed by atoms with Crippen LogP contribution in [-0.4, -0.2) is 35.5 Å². The van der Waals surface area contributed by atoms with Crippen LogP contribution in [0.5, 0.6) is 0 Å². The quantitative estimate of drug-likeness (QED) is 0.898. The molecule has 2 heterocycles. The summed E-state index contributed by atoms with van der Waals surface area (Å²) in [7, 11) is 0. The molecule has 4 heteroatoms. The lowest BCUT2D eigenvalue weighted by atomic mass is 9.83. The Bertz CT molecular complexity index is 517. The molecule has 1 aromatic rings. The third-order valence-electron chi connectivity index (χ3n) is 5.09. The van der Waals surface area contributed by atoms with E-state index in [1.165, 1.54) is 12.8 Å². The number of hydrogen-bond donors (Lipinski definition) is 2. The SMILES string of the molecule is CCC(CC)N1CCC2(CC1)Nc1ccccc1NC2=O. The molecule has 4 nitrogen and oxygen atoms in total. The molecule has 0 aliphatic carbocycles. The number of para-hydroxylation sites is 2. The first-order valence-electron chi connectivity index (χ1n) is 8.11. The lowest BCUT2D eigenvalue weighted by molar-refractivity contribution is -0.122. The molecule has 2 N–H and O–H groups in total. The van der Waals surface area contributed by atoms with Crippen LogP contribution in [0.15, 0.2) is 24.3 Å². The minimum atomic E-state index is -0.420. The highest BCUT2D eigenvalue weighted by Gasteiger charge is 2.44. The molecule has 21 heavy (non-hydrogen) atoms. The van der Waals surface area contributed by atoms with E-state index in [-0.39, 0.29) is 5.91 Å². The Morgan fingerprint density at radius 1 is 1.14 bits per heavy atom. The molecule has 114 valence electrons. The number of benzene rings is 1. The summed E-state index contributed by atoms with van der Waals surface area (Å²) in [6, 6.07) is 8.61. The number of nitrogens with one attached hydrogen (secondary N) is 2. The highest BCUT2D eigenvalue weighted by atomic mass is 16.2. The van der Waals surface area contributed by atoms with E-state index >= 15 is 0 Å². The van der Waals surface area contributed by atoms with E-state index in [9.17, 15) is 4.79 Å². The Morgan fingerprint density at radius 3 is 2.38 bits per heavy atom. The average Bonchev–Trinajstić information content (AvgIpc) is 2.51. The lowest BCUT2D eigenvalue weighted by Crippen LogP contribution is -2.59. The first-order chi connectivity index (χ1) is 10.2. The molecule has 0 saturated carbocycles. The maximum Gasteiger partial charge on any atom is 0.250 e. The van der Waals surface area contributed by atoms with Crippen molar-refractivity contribution < 1.29 is 4.79 Å². The summed E-state index contributed by atoms with van der Waals surface area (Å²) in [6.45, 7) is 6.49. The average molecular weight is 287 g/mol. The Kier molecular flexibility index (Phi) is 3.89. The van der Waals surface area contributed by atoms with Crippen LogP contribution in [0.3, 0.4) is 0 Å². The number of rotatable bonds is 3. The van der Waals surface area contributed by atoms with Gasteiger partial charge in [-0.25, -0.2) is 0 Å². The van der Waals surface area contributed by atoms with Crippen molar-refractivity contribution in [2.75, 3.05) is 23.7 Å². The van der Waals surface area contributed by atoms with E-state index in [2.05, 4.69) is 29.4 Å². The number of hydrogen-bond acceptors (Lipinski definition) is 3. The molecule has 2 aliphatic heterocycles. The summed E-state index contributed by atoms with van der Waals surface area (Å²) in [5.74, 6) is 0.130. The van der Waals surface area contributed by atoms with Gasteiger partial charge in [-0.05, 0) is 37.8 Å². The number of carbonyl (C=O) groups is 1. The molecule has 1 saturated heterocycles. The number of anilines is 2. The number of nitrogens with zero attached hydrogens (tertiary/aromatic N) is 1. The monoisotopic (exact) mass is 287 g/mol. The molecule has 1 aromatic carbocycles. The highest BCUT2D eigenvalue weighted by Crippen LogP contribution is 2.36. The van der Waals surface area contributed by atoms with Crippen LogP contribution in [0.2, 0.25) is 0 Å². The van der Waals surface area contributed by atoms with Crippen LogP contribution in [0.1, 0.15) is 39.5 Å². The number of likely N-dealkylation sites (tertiary alicyclic amines) is 1. The molecule has 0 unspecified atom stereocenters. The molecular weight excluding hydrogens is 262 g/mol. The van der Waals surface area contributed by atoms with Gasteiger partial charge in [0.15, 0.2) is 0 Å². The number of amides is 1. The van der Waals surface area contributed by atoms with Crippen molar-refractivity contribution in [1.29, 1.82) is 0 Å². The van der Waals surface area contributed by atoms with Crippen LogP contribution in [0, 0.1) is 0 Å². The number of fused-ring (bicyclic) bond motifs is 1. The number of piperidine rings is 1. The Morgan fingerprint density at radius 2 is 1.76 bits per heavy atom. The van der Waals surface area contributed by atoms with E-state index < -0.39 is 5.54 Å². The first kappa shape index (κ1) is 14.4. The number of carbonyl (C=O) groups excluding carboxylic acids is 1. The summed E-state index contributed by atoms with van der Waals surface area (Å²) in [5.41, 5.74) is 1.53. The molecule has 1 fully saturated rings. The normalized spacial score (nSPS) is 21.0. The second-order valence-corrected chi connectivity index (χ2v) is 6.21. The third kappa shape index (κ3) is 2.53. The molecule has 0 aromatic heterocycles. The molecule has 1 amide bonds. The van der Waals surface area contributed by atoms with Crippen molar-refractivity contribution in [3.8, 4) is 0 Å². The second kappa shape index (κ2) is 5.68. The van der Waals surface area contributed by atoms with Crippen molar-refractivity contribution >= 4 is 17.3 Å². The van der Waals surface area contributed by atoms with Crippen LogP contribution in [0.4, 0.5) is 11.4 Å². The Labute approximate surface area is 126 Å². The van der Waals surface area contributed by atoms with Gasteiger partial charge in [0, 0.05) is 19.1 Å². The van der Waals surface area contributed by atoms with E-state index in [0.717, 1.165) is 37.3 Å². The maximum absolute atomic E-state index is 12.6.